The first-order valence-corrected chi connectivity index (χ1v) is 39.9. The summed E-state index contributed by atoms with van der Waals surface area (Å²) in [7, 11) is 4.00. The topological polar surface area (TPSA) is 162 Å². The van der Waals surface area contributed by atoms with Gasteiger partial charge in [-0.25, -0.2) is 40.4 Å². The van der Waals surface area contributed by atoms with Gasteiger partial charge in [0.15, 0.2) is 0 Å². The van der Waals surface area contributed by atoms with Gasteiger partial charge in [0.1, 0.15) is 46.1 Å². The van der Waals surface area contributed by atoms with Crippen molar-refractivity contribution in [1.29, 1.82) is 21.0 Å². The van der Waals surface area contributed by atoms with E-state index in [1.165, 1.54) is 81.9 Å². The summed E-state index contributed by atoms with van der Waals surface area (Å²) >= 11 is 0. The monoisotopic (exact) mass is 1620 g/mol. The average molecular weight is 1620 g/mol. The number of hydrogen-bond donors (Lipinski definition) is 0. The van der Waals surface area contributed by atoms with Crippen molar-refractivity contribution in [3.05, 3.63) is 326 Å². The van der Waals surface area contributed by atoms with Crippen molar-refractivity contribution in [1.82, 2.24) is 0 Å². The number of benzene rings is 4. The molecule has 0 saturated carbocycles. The number of nitriles is 4. The first-order chi connectivity index (χ1) is 55.2. The molecule has 121 heavy (non-hydrogen) atoms. The summed E-state index contributed by atoms with van der Waals surface area (Å²) in [5.74, 6) is 5.40. The highest BCUT2D eigenvalue weighted by atomic mass is 16.5. The lowest BCUT2D eigenvalue weighted by Gasteiger charge is -2.48. The number of aryl methyl sites for hydroxylation is 2. The normalized spacial score (nSPS) is 19.6. The predicted molar refractivity (Wildman–Crippen MR) is 500 cm³/mol. The molecule has 628 valence electrons. The molecule has 14 rings (SSSR count). The maximum Gasteiger partial charge on any atom is 0.269 e. The largest absolute Gasteiger partial charge is 0.462 e. The Kier molecular flexibility index (Phi) is 32.6. The summed E-state index contributed by atoms with van der Waals surface area (Å²) in [6, 6.07) is 29.9. The Morgan fingerprint density at radius 3 is 1.19 bits per heavy atom. The molecule has 16 heteroatoms. The lowest BCUT2D eigenvalue weighted by molar-refractivity contribution is 0.223. The van der Waals surface area contributed by atoms with Gasteiger partial charge in [-0.05, 0) is 286 Å². The molecule has 0 N–H and O–H groups in total. The van der Waals surface area contributed by atoms with Gasteiger partial charge in [-0.15, -0.1) is 0 Å². The summed E-state index contributed by atoms with van der Waals surface area (Å²) in [4.78, 5) is 23.1. The Hall–Kier alpha value is -13.0. The van der Waals surface area contributed by atoms with E-state index in [4.69, 9.17) is 55.8 Å². The van der Waals surface area contributed by atoms with Gasteiger partial charge in [0.25, 0.3) is 22.8 Å². The SMILES string of the molecule is C.C.C.C.C.[C-]#[N+]/C(C#N)=C1C=C(/C=C/c2cc3c4c(c2)C(C)(C)CCN4CCC3(C)C)OC(CC)=C/1.[C-]#[N+]/C(C#N)=C1C=C(/C=C/c2cc3c4c(c2)CC(C)(C)CN4CC(C)(C)C3)OC(C(C)(C)C)=C/1.[C-]#[N+]/C(C#N)=C1\C=C(C)OC(/C=C/c2cc3c4c(c2)CCCN4CCC3)=C1.[C-]#[N+]/C(C#N)=C1\C=C(C)OC(/C=C/c2ccc(N(C)C)cc2)=C1. The van der Waals surface area contributed by atoms with Crippen molar-refractivity contribution < 1.29 is 18.9 Å². The lowest BCUT2D eigenvalue weighted by Crippen LogP contribution is -2.48. The molecular formula is C105H124N12O4. The fraction of sp³-hybridized carbons (Fsp3) is 0.390. The van der Waals surface area contributed by atoms with Gasteiger partial charge in [-0.2, -0.15) is 0 Å². The molecule has 0 fully saturated rings. The summed E-state index contributed by atoms with van der Waals surface area (Å²) in [6.45, 7) is 66.3. The molecule has 0 unspecified atom stereocenters. The third-order valence-electron chi connectivity index (χ3n) is 22.2. The maximum atomic E-state index is 9.40. The number of anilines is 4. The van der Waals surface area contributed by atoms with Crippen molar-refractivity contribution in [2.75, 3.05) is 73.0 Å². The highest BCUT2D eigenvalue weighted by molar-refractivity contribution is 5.74. The molecule has 0 amide bonds. The molecule has 0 aromatic heterocycles. The van der Waals surface area contributed by atoms with Crippen LogP contribution in [0.4, 0.5) is 22.7 Å². The molecule has 4 aromatic carbocycles. The van der Waals surface area contributed by atoms with E-state index in [9.17, 15) is 10.5 Å². The van der Waals surface area contributed by atoms with E-state index in [0.29, 0.717) is 63.3 Å². The third-order valence-corrected chi connectivity index (χ3v) is 22.2. The molecule has 16 nitrogen and oxygen atoms in total. The maximum absolute atomic E-state index is 9.40. The number of nitrogens with zero attached hydrogens (tertiary/aromatic N) is 12. The summed E-state index contributed by atoms with van der Waals surface area (Å²) < 4.78 is 23.5. The van der Waals surface area contributed by atoms with Crippen LogP contribution in [0.5, 0.6) is 0 Å². The second kappa shape index (κ2) is 40.7. The zero-order valence-corrected chi connectivity index (χ0v) is 70.1. The van der Waals surface area contributed by atoms with Crippen LogP contribution in [0.1, 0.15) is 222 Å². The van der Waals surface area contributed by atoms with Crippen LogP contribution in [0, 0.1) is 87.9 Å². The molecule has 0 atom stereocenters. The molecule has 0 saturated heterocycles. The summed E-state index contributed by atoms with van der Waals surface area (Å²) in [5.41, 5.74) is 21.9. The highest BCUT2D eigenvalue weighted by Crippen LogP contribution is 2.51. The Labute approximate surface area is 725 Å². The van der Waals surface area contributed by atoms with Crippen LogP contribution < -0.4 is 19.6 Å². The van der Waals surface area contributed by atoms with Crippen LogP contribution in [0.25, 0.3) is 43.7 Å². The van der Waals surface area contributed by atoms with Crippen LogP contribution in [-0.2, 0) is 55.5 Å². The zero-order chi connectivity index (χ0) is 83.6. The van der Waals surface area contributed by atoms with E-state index in [2.05, 4.69) is 165 Å². The van der Waals surface area contributed by atoms with Crippen LogP contribution in [0.15, 0.2) is 225 Å². The minimum absolute atomic E-state index is 0. The van der Waals surface area contributed by atoms with Crippen LogP contribution >= 0.6 is 0 Å². The molecule has 10 aliphatic rings. The first-order valence-electron chi connectivity index (χ1n) is 39.9. The Bertz CT molecular complexity index is 5370. The molecule has 10 heterocycles. The summed E-state index contributed by atoms with van der Waals surface area (Å²) in [5, 5.41) is 36.8. The standard InChI is InChI=1S/C30H35N3O.C28H31N3O.C23H21N3O.C19H17N3O.5CH4/c1-28(2,3)26-14-21(25(17-31)32-8)13-24(34-26)10-9-20-11-22-15-29(4,5)18-33-19-30(6,7)16-23(12-20)27(22)33;1-7-21-16-20(25(18-29)30-6)17-22(32-21)9-8-19-14-23-26-24(15-19)28(4,5)11-13-31(26)12-10-27(23,2)3;1-16-11-20(22(15-24)25-2)14-21(27-16)8-7-17-12-18-5-3-9-26-10-4-6-19(13-17)23(18)26;1-14-11-16(19(13-20)21-2)12-18(23-14)10-7-15-5-8-17(9-6-15)22(3)4;;;;;/h9-14H,15-16,18-19H2,1-7H3;8-9,14-17H,7,10-13H2,1-5H3;7-8,11-14H,3-6,9-10H2,1H3;5-12H,1,3-4H3;5*1H4/b10-9+,25-21-;9-8+,25-20+;8-7+,22-20+;10-7+,19-16+;;;;;. The lowest BCUT2D eigenvalue weighted by atomic mass is 9.69. The smallest absolute Gasteiger partial charge is 0.269 e. The molecular weight excluding hydrogens is 1490 g/mol. The van der Waals surface area contributed by atoms with Gasteiger partial charge in [-0.3, -0.25) is 0 Å². The Balaban J connectivity index is 0.000000249. The second-order valence-corrected chi connectivity index (χ2v) is 35.1. The molecule has 0 bridgehead atoms. The van der Waals surface area contributed by atoms with E-state index in [1.54, 1.807) is 49.5 Å². The van der Waals surface area contributed by atoms with Gasteiger partial charge in [0, 0.05) is 87.9 Å². The highest BCUT2D eigenvalue weighted by Gasteiger charge is 2.42. The van der Waals surface area contributed by atoms with Crippen LogP contribution in [-0.4, -0.2) is 53.4 Å². The first kappa shape index (κ1) is 96.9. The van der Waals surface area contributed by atoms with Crippen molar-refractivity contribution in [3.63, 3.8) is 0 Å². The molecule has 4 aromatic rings. The third kappa shape index (κ3) is 23.3. The number of ether oxygens (including phenoxy) is 4. The molecule has 10 aliphatic heterocycles. The Morgan fingerprint density at radius 2 is 0.802 bits per heavy atom. The van der Waals surface area contributed by atoms with Gasteiger partial charge < -0.3 is 38.5 Å². The quantitative estimate of drug-likeness (QED) is 0.109. The summed E-state index contributed by atoms with van der Waals surface area (Å²) in [6.07, 6.45) is 39.8. The molecule has 0 radical (unpaired) electrons. The van der Waals surface area contributed by atoms with Crippen LogP contribution in [0.2, 0.25) is 0 Å². The predicted octanol–water partition coefficient (Wildman–Crippen LogP) is 26.4. The van der Waals surface area contributed by atoms with Crippen molar-refractivity contribution in [2.45, 2.75) is 203 Å². The van der Waals surface area contributed by atoms with Crippen molar-refractivity contribution in [2.24, 2.45) is 16.2 Å². The van der Waals surface area contributed by atoms with Crippen LogP contribution in [0.3, 0.4) is 0 Å². The minimum Gasteiger partial charge on any atom is -0.462 e. The Morgan fingerprint density at radius 1 is 0.446 bits per heavy atom. The number of hydrogen-bond acceptors (Lipinski definition) is 12. The zero-order valence-electron chi connectivity index (χ0n) is 70.1. The van der Waals surface area contributed by atoms with E-state index in [1.807, 2.05) is 118 Å². The van der Waals surface area contributed by atoms with Gasteiger partial charge in [-0.1, -0.05) is 157 Å². The van der Waals surface area contributed by atoms with Crippen molar-refractivity contribution >= 4 is 47.1 Å². The van der Waals surface area contributed by atoms with E-state index in [0.717, 1.165) is 98.6 Å². The second-order valence-electron chi connectivity index (χ2n) is 35.1. The van der Waals surface area contributed by atoms with E-state index >= 15 is 0 Å². The fourth-order valence-corrected chi connectivity index (χ4v) is 16.5. The number of rotatable bonds is 10. The van der Waals surface area contributed by atoms with Gasteiger partial charge in [0.05, 0.1) is 50.6 Å². The molecule has 0 aliphatic carbocycles. The average Bonchev–Trinajstić information content (AvgIpc) is 0.736. The van der Waals surface area contributed by atoms with E-state index in [-0.39, 0.29) is 87.0 Å². The minimum atomic E-state index is -0.238. The van der Waals surface area contributed by atoms with Gasteiger partial charge >= 0.3 is 0 Å². The number of allylic oxidation sites excluding steroid dienone is 24. The molecule has 0 spiro atoms. The van der Waals surface area contributed by atoms with Crippen molar-refractivity contribution in [3.8, 4) is 24.3 Å². The fourth-order valence-electron chi connectivity index (χ4n) is 16.5. The van der Waals surface area contributed by atoms with Gasteiger partial charge in [0.2, 0.25) is 0 Å². The van der Waals surface area contributed by atoms with E-state index < -0.39 is 0 Å².